The highest BCUT2D eigenvalue weighted by molar-refractivity contribution is 14.0. The number of unbranched alkanes of at least 4 members (excludes halogenated alkanes) is 1. The molecule has 1 fully saturated rings. The fraction of sp³-hybridized carbons (Fsp3) is 0.500. The Labute approximate surface area is 184 Å². The molecule has 0 atom stereocenters. The standard InChI is InChI=1S/C20H28ClN5.HI/c1-16-23-11-13-26(16)12-4-3-10-24-19(22-2)25-15-20(8-9-20)17-6-5-7-18(21)14-17;/h5-7,11,13-14H,3-4,8-10,12,15H2,1-2H3,(H2,22,24,25);1H. The average Bonchev–Trinajstić information content (AvgIpc) is 3.33. The van der Waals surface area contributed by atoms with E-state index >= 15 is 0 Å². The van der Waals surface area contributed by atoms with Gasteiger partial charge >= 0.3 is 0 Å². The van der Waals surface area contributed by atoms with Crippen molar-refractivity contribution in [1.29, 1.82) is 0 Å². The molecule has 5 nitrogen and oxygen atoms in total. The zero-order chi connectivity index (χ0) is 18.4. The van der Waals surface area contributed by atoms with Crippen LogP contribution in [0.3, 0.4) is 0 Å². The van der Waals surface area contributed by atoms with Crippen LogP contribution in [0.15, 0.2) is 41.7 Å². The summed E-state index contributed by atoms with van der Waals surface area (Å²) < 4.78 is 2.19. The molecule has 2 aromatic rings. The number of nitrogens with zero attached hydrogens (tertiary/aromatic N) is 3. The number of aromatic nitrogens is 2. The van der Waals surface area contributed by atoms with Crippen LogP contribution in [-0.4, -0.2) is 35.6 Å². The molecule has 2 N–H and O–H groups in total. The molecule has 0 amide bonds. The number of nitrogens with one attached hydrogen (secondary N) is 2. The monoisotopic (exact) mass is 501 g/mol. The van der Waals surface area contributed by atoms with Gasteiger partial charge in [-0.3, -0.25) is 4.99 Å². The fourth-order valence-corrected chi connectivity index (χ4v) is 3.45. The molecule has 1 aromatic heterocycles. The van der Waals surface area contributed by atoms with E-state index in [1.54, 1.807) is 0 Å². The molecule has 3 rings (SSSR count). The van der Waals surface area contributed by atoms with Crippen molar-refractivity contribution in [3.05, 3.63) is 53.1 Å². The minimum Gasteiger partial charge on any atom is -0.356 e. The maximum absolute atomic E-state index is 6.15. The van der Waals surface area contributed by atoms with Crippen LogP contribution in [0, 0.1) is 6.92 Å². The van der Waals surface area contributed by atoms with Crippen molar-refractivity contribution in [2.75, 3.05) is 20.1 Å². The number of guanidine groups is 1. The zero-order valence-electron chi connectivity index (χ0n) is 16.0. The lowest BCUT2D eigenvalue weighted by Crippen LogP contribution is -2.41. The molecular formula is C20H29ClIN5. The number of aryl methyl sites for hydroxylation is 2. The Balaban J connectivity index is 0.00000261. The van der Waals surface area contributed by atoms with E-state index in [2.05, 4.69) is 37.3 Å². The minimum atomic E-state index is 0. The van der Waals surface area contributed by atoms with E-state index in [9.17, 15) is 0 Å². The molecule has 0 radical (unpaired) electrons. The van der Waals surface area contributed by atoms with Crippen LogP contribution in [-0.2, 0) is 12.0 Å². The molecule has 1 heterocycles. The average molecular weight is 502 g/mol. The van der Waals surface area contributed by atoms with Crippen LogP contribution in [0.2, 0.25) is 5.02 Å². The molecule has 27 heavy (non-hydrogen) atoms. The summed E-state index contributed by atoms with van der Waals surface area (Å²) in [5.41, 5.74) is 1.53. The van der Waals surface area contributed by atoms with Gasteiger partial charge in [0, 0.05) is 49.5 Å². The Bertz CT molecular complexity index is 754. The molecule has 0 unspecified atom stereocenters. The lowest BCUT2D eigenvalue weighted by molar-refractivity contribution is 0.584. The van der Waals surface area contributed by atoms with Gasteiger partial charge in [-0.1, -0.05) is 23.7 Å². The summed E-state index contributed by atoms with van der Waals surface area (Å²) in [5.74, 6) is 1.95. The zero-order valence-corrected chi connectivity index (χ0v) is 19.1. The van der Waals surface area contributed by atoms with Crippen molar-refractivity contribution < 1.29 is 0 Å². The summed E-state index contributed by atoms with van der Waals surface area (Å²) in [6, 6.07) is 8.23. The topological polar surface area (TPSA) is 54.2 Å². The summed E-state index contributed by atoms with van der Waals surface area (Å²) in [6.07, 6.45) is 8.50. The van der Waals surface area contributed by atoms with E-state index < -0.39 is 0 Å². The number of imidazole rings is 1. The lowest BCUT2D eigenvalue weighted by atomic mass is 9.96. The van der Waals surface area contributed by atoms with Gasteiger partial charge in [0.1, 0.15) is 5.82 Å². The molecule has 1 aliphatic rings. The van der Waals surface area contributed by atoms with Gasteiger partial charge in [-0.2, -0.15) is 0 Å². The molecular weight excluding hydrogens is 473 g/mol. The van der Waals surface area contributed by atoms with Gasteiger partial charge in [-0.05, 0) is 50.3 Å². The molecule has 148 valence electrons. The van der Waals surface area contributed by atoms with Crippen LogP contribution >= 0.6 is 35.6 Å². The molecule has 0 saturated heterocycles. The van der Waals surface area contributed by atoms with E-state index in [1.807, 2.05) is 38.5 Å². The highest BCUT2D eigenvalue weighted by Gasteiger charge is 2.44. The third kappa shape index (κ3) is 6.10. The fourth-order valence-electron chi connectivity index (χ4n) is 3.26. The Hall–Kier alpha value is -1.28. The first-order valence-corrected chi connectivity index (χ1v) is 9.69. The number of hydrogen-bond acceptors (Lipinski definition) is 2. The summed E-state index contributed by atoms with van der Waals surface area (Å²) in [5, 5.41) is 7.71. The minimum absolute atomic E-state index is 0. The van der Waals surface area contributed by atoms with Gasteiger partial charge in [0.2, 0.25) is 0 Å². The number of halogens is 2. The first kappa shape index (κ1) is 22.0. The molecule has 0 aliphatic heterocycles. The number of rotatable bonds is 8. The summed E-state index contributed by atoms with van der Waals surface area (Å²) >= 11 is 6.15. The van der Waals surface area contributed by atoms with Gasteiger partial charge in [-0.25, -0.2) is 4.98 Å². The first-order chi connectivity index (χ1) is 12.6. The number of aliphatic imine (C=N–C) groups is 1. The Morgan fingerprint density at radius 3 is 2.74 bits per heavy atom. The van der Waals surface area contributed by atoms with Gasteiger partial charge in [0.25, 0.3) is 0 Å². The Morgan fingerprint density at radius 1 is 1.30 bits per heavy atom. The number of hydrogen-bond donors (Lipinski definition) is 2. The Kier molecular flexibility index (Phi) is 8.41. The van der Waals surface area contributed by atoms with Crippen molar-refractivity contribution in [2.24, 2.45) is 4.99 Å². The molecule has 0 spiro atoms. The first-order valence-electron chi connectivity index (χ1n) is 9.31. The van der Waals surface area contributed by atoms with Crippen molar-refractivity contribution in [2.45, 2.75) is 44.6 Å². The van der Waals surface area contributed by atoms with E-state index in [4.69, 9.17) is 11.6 Å². The van der Waals surface area contributed by atoms with E-state index in [0.717, 1.165) is 49.3 Å². The molecule has 1 aliphatic carbocycles. The van der Waals surface area contributed by atoms with Gasteiger partial charge < -0.3 is 15.2 Å². The van der Waals surface area contributed by atoms with Crippen molar-refractivity contribution >= 4 is 41.5 Å². The molecule has 1 aromatic carbocycles. The second-order valence-corrected chi connectivity index (χ2v) is 7.45. The normalized spacial score (nSPS) is 15.1. The van der Waals surface area contributed by atoms with E-state index in [-0.39, 0.29) is 29.4 Å². The summed E-state index contributed by atoms with van der Waals surface area (Å²) in [4.78, 5) is 8.60. The van der Waals surface area contributed by atoms with Gasteiger partial charge in [-0.15, -0.1) is 24.0 Å². The third-order valence-electron chi connectivity index (χ3n) is 5.15. The molecule has 0 bridgehead atoms. The maximum atomic E-state index is 6.15. The van der Waals surface area contributed by atoms with Crippen LogP contribution in [0.1, 0.15) is 37.1 Å². The van der Waals surface area contributed by atoms with Crippen LogP contribution < -0.4 is 10.6 Å². The van der Waals surface area contributed by atoms with E-state index in [1.165, 1.54) is 18.4 Å². The molecule has 1 saturated carbocycles. The third-order valence-corrected chi connectivity index (χ3v) is 5.39. The number of benzene rings is 1. The van der Waals surface area contributed by atoms with Crippen LogP contribution in [0.25, 0.3) is 0 Å². The van der Waals surface area contributed by atoms with Gasteiger partial charge in [0.15, 0.2) is 5.96 Å². The molecule has 7 heteroatoms. The lowest BCUT2D eigenvalue weighted by Gasteiger charge is -2.19. The second kappa shape index (κ2) is 10.3. The smallest absolute Gasteiger partial charge is 0.191 e. The Morgan fingerprint density at radius 2 is 2.11 bits per heavy atom. The van der Waals surface area contributed by atoms with Crippen molar-refractivity contribution in [1.82, 2.24) is 20.2 Å². The van der Waals surface area contributed by atoms with Crippen molar-refractivity contribution in [3.8, 4) is 0 Å². The SMILES string of the molecule is CN=C(NCCCCn1ccnc1C)NCC1(c2cccc(Cl)c2)CC1.I. The summed E-state index contributed by atoms with van der Waals surface area (Å²) in [6.45, 7) is 4.86. The van der Waals surface area contributed by atoms with Crippen molar-refractivity contribution in [3.63, 3.8) is 0 Å². The predicted molar refractivity (Wildman–Crippen MR) is 123 cm³/mol. The second-order valence-electron chi connectivity index (χ2n) is 7.02. The van der Waals surface area contributed by atoms with E-state index in [0.29, 0.717) is 0 Å². The highest BCUT2D eigenvalue weighted by Crippen LogP contribution is 2.48. The quantitative estimate of drug-likeness (QED) is 0.247. The van der Waals surface area contributed by atoms with Crippen LogP contribution in [0.5, 0.6) is 0 Å². The van der Waals surface area contributed by atoms with Crippen LogP contribution in [0.4, 0.5) is 0 Å². The largest absolute Gasteiger partial charge is 0.356 e. The van der Waals surface area contributed by atoms with Gasteiger partial charge in [0.05, 0.1) is 0 Å². The highest BCUT2D eigenvalue weighted by atomic mass is 127. The summed E-state index contributed by atoms with van der Waals surface area (Å²) in [7, 11) is 1.82. The predicted octanol–water partition coefficient (Wildman–Crippen LogP) is 4.14. The maximum Gasteiger partial charge on any atom is 0.191 e.